The van der Waals surface area contributed by atoms with Crippen molar-refractivity contribution in [1.82, 2.24) is 0 Å². The highest BCUT2D eigenvalue weighted by Gasteiger charge is 2.14. The first-order valence-electron chi connectivity index (χ1n) is 5.05. The zero-order chi connectivity index (χ0) is 11.0. The van der Waals surface area contributed by atoms with Gasteiger partial charge in [0.25, 0.3) is 0 Å². The molecular formula is C13H14O2. The lowest BCUT2D eigenvalue weighted by atomic mass is 9.96. The fourth-order valence-electron chi connectivity index (χ4n) is 1.90. The molecule has 2 nitrogen and oxygen atoms in total. The highest BCUT2D eigenvalue weighted by atomic mass is 16.3. The molecule has 0 spiro atoms. The molecule has 2 rings (SSSR count). The van der Waals surface area contributed by atoms with Crippen molar-refractivity contribution in [3.63, 3.8) is 0 Å². The Morgan fingerprint density at radius 2 is 1.73 bits per heavy atom. The van der Waals surface area contributed by atoms with E-state index in [2.05, 4.69) is 0 Å². The van der Waals surface area contributed by atoms with Gasteiger partial charge in [-0.2, -0.15) is 0 Å². The summed E-state index contributed by atoms with van der Waals surface area (Å²) in [7, 11) is 0. The maximum atomic E-state index is 10.0. The van der Waals surface area contributed by atoms with Crippen molar-refractivity contribution in [3.8, 4) is 11.5 Å². The third kappa shape index (κ3) is 1.52. The lowest BCUT2D eigenvalue weighted by Crippen LogP contribution is -1.90. The second-order valence-corrected chi connectivity index (χ2v) is 4.03. The number of fused-ring (bicyclic) bond motifs is 1. The SMILES string of the molecule is CC(C)c1c(O)cc2ccccc2c1O. The number of hydrogen-bond acceptors (Lipinski definition) is 2. The Morgan fingerprint density at radius 1 is 1.07 bits per heavy atom. The molecule has 0 saturated carbocycles. The van der Waals surface area contributed by atoms with Crippen molar-refractivity contribution in [2.24, 2.45) is 0 Å². The maximum Gasteiger partial charge on any atom is 0.130 e. The van der Waals surface area contributed by atoms with Gasteiger partial charge >= 0.3 is 0 Å². The van der Waals surface area contributed by atoms with E-state index < -0.39 is 0 Å². The van der Waals surface area contributed by atoms with Crippen LogP contribution in [0.3, 0.4) is 0 Å². The van der Waals surface area contributed by atoms with E-state index in [4.69, 9.17) is 0 Å². The average molecular weight is 202 g/mol. The summed E-state index contributed by atoms with van der Waals surface area (Å²) in [4.78, 5) is 0. The number of phenols is 2. The van der Waals surface area contributed by atoms with Crippen LogP contribution in [0.2, 0.25) is 0 Å². The molecule has 78 valence electrons. The van der Waals surface area contributed by atoms with Crippen LogP contribution in [0.15, 0.2) is 30.3 Å². The van der Waals surface area contributed by atoms with Crippen LogP contribution >= 0.6 is 0 Å². The first-order valence-corrected chi connectivity index (χ1v) is 5.05. The molecule has 2 aromatic rings. The van der Waals surface area contributed by atoms with E-state index in [1.807, 2.05) is 38.1 Å². The summed E-state index contributed by atoms with van der Waals surface area (Å²) in [5, 5.41) is 21.5. The molecule has 0 aliphatic carbocycles. The van der Waals surface area contributed by atoms with Gasteiger partial charge in [-0.3, -0.25) is 0 Å². The smallest absolute Gasteiger partial charge is 0.130 e. The van der Waals surface area contributed by atoms with Gasteiger partial charge in [0, 0.05) is 10.9 Å². The number of aromatic hydroxyl groups is 2. The molecule has 0 aromatic heterocycles. The standard InChI is InChI=1S/C13H14O2/c1-8(2)12-11(14)7-9-5-3-4-6-10(9)13(12)15/h3-8,14-15H,1-2H3. The molecule has 0 heterocycles. The highest BCUT2D eigenvalue weighted by molar-refractivity contribution is 5.91. The van der Waals surface area contributed by atoms with Crippen LogP contribution in [0.4, 0.5) is 0 Å². The predicted octanol–water partition coefficient (Wildman–Crippen LogP) is 3.37. The summed E-state index contributed by atoms with van der Waals surface area (Å²) in [6.07, 6.45) is 0. The molecular weight excluding hydrogens is 188 g/mol. The molecule has 0 bridgehead atoms. The Balaban J connectivity index is 2.84. The third-order valence-corrected chi connectivity index (χ3v) is 2.62. The summed E-state index contributed by atoms with van der Waals surface area (Å²) in [6.45, 7) is 3.90. The summed E-state index contributed by atoms with van der Waals surface area (Å²) < 4.78 is 0. The zero-order valence-electron chi connectivity index (χ0n) is 8.86. The molecule has 0 aliphatic rings. The van der Waals surface area contributed by atoms with Crippen LogP contribution in [0.5, 0.6) is 11.5 Å². The van der Waals surface area contributed by atoms with Crippen molar-refractivity contribution in [2.75, 3.05) is 0 Å². The normalized spacial score (nSPS) is 11.1. The van der Waals surface area contributed by atoms with Crippen LogP contribution in [-0.4, -0.2) is 10.2 Å². The van der Waals surface area contributed by atoms with Crippen molar-refractivity contribution in [2.45, 2.75) is 19.8 Å². The highest BCUT2D eigenvalue weighted by Crippen LogP contribution is 2.39. The van der Waals surface area contributed by atoms with E-state index in [1.165, 1.54) is 0 Å². The van der Waals surface area contributed by atoms with Crippen LogP contribution in [-0.2, 0) is 0 Å². The molecule has 15 heavy (non-hydrogen) atoms. The van der Waals surface area contributed by atoms with Crippen LogP contribution in [0.1, 0.15) is 25.3 Å². The largest absolute Gasteiger partial charge is 0.507 e. The molecule has 2 N–H and O–H groups in total. The molecule has 0 fully saturated rings. The van der Waals surface area contributed by atoms with Gasteiger partial charge < -0.3 is 10.2 Å². The Morgan fingerprint density at radius 3 is 2.40 bits per heavy atom. The maximum absolute atomic E-state index is 10.0. The van der Waals surface area contributed by atoms with Gasteiger partial charge in [0.05, 0.1) is 0 Å². The Bertz CT molecular complexity index is 501. The van der Waals surface area contributed by atoms with Crippen molar-refractivity contribution < 1.29 is 10.2 Å². The average Bonchev–Trinajstić information content (AvgIpc) is 2.17. The van der Waals surface area contributed by atoms with Crippen molar-refractivity contribution >= 4 is 10.8 Å². The molecule has 2 heteroatoms. The summed E-state index contributed by atoms with van der Waals surface area (Å²) in [5.41, 5.74) is 0.619. The topological polar surface area (TPSA) is 40.5 Å². The van der Waals surface area contributed by atoms with Gasteiger partial charge in [0.2, 0.25) is 0 Å². The van der Waals surface area contributed by atoms with Crippen molar-refractivity contribution in [3.05, 3.63) is 35.9 Å². The first kappa shape index (κ1) is 9.84. The molecule has 0 atom stereocenters. The molecule has 0 saturated heterocycles. The van der Waals surface area contributed by atoms with E-state index >= 15 is 0 Å². The van der Waals surface area contributed by atoms with Gasteiger partial charge in [-0.05, 0) is 17.4 Å². The van der Waals surface area contributed by atoms with Crippen LogP contribution in [0, 0.1) is 0 Å². The predicted molar refractivity (Wildman–Crippen MR) is 61.4 cm³/mol. The van der Waals surface area contributed by atoms with Gasteiger partial charge in [-0.15, -0.1) is 0 Å². The number of phenolic OH excluding ortho intramolecular Hbond substituents is 2. The van der Waals surface area contributed by atoms with E-state index in [0.29, 0.717) is 5.56 Å². The van der Waals surface area contributed by atoms with E-state index in [1.54, 1.807) is 6.07 Å². The van der Waals surface area contributed by atoms with Gasteiger partial charge in [-0.25, -0.2) is 0 Å². The molecule has 0 unspecified atom stereocenters. The van der Waals surface area contributed by atoms with Gasteiger partial charge in [0.15, 0.2) is 0 Å². The monoisotopic (exact) mass is 202 g/mol. The molecule has 0 aliphatic heterocycles. The number of hydrogen-bond donors (Lipinski definition) is 2. The van der Waals surface area contributed by atoms with Crippen molar-refractivity contribution in [1.29, 1.82) is 0 Å². The minimum atomic E-state index is 0.106. The minimum absolute atomic E-state index is 0.106. The molecule has 2 aromatic carbocycles. The lowest BCUT2D eigenvalue weighted by molar-refractivity contribution is 0.438. The lowest BCUT2D eigenvalue weighted by Gasteiger charge is -2.13. The second-order valence-electron chi connectivity index (χ2n) is 4.03. The third-order valence-electron chi connectivity index (χ3n) is 2.62. The molecule has 0 amide bonds. The molecule has 0 radical (unpaired) electrons. The Labute approximate surface area is 88.8 Å². The van der Waals surface area contributed by atoms with Gasteiger partial charge in [-0.1, -0.05) is 38.1 Å². The number of rotatable bonds is 1. The van der Waals surface area contributed by atoms with E-state index in [0.717, 1.165) is 10.8 Å². The fraction of sp³-hybridized carbons (Fsp3) is 0.231. The van der Waals surface area contributed by atoms with E-state index in [-0.39, 0.29) is 17.4 Å². The fourth-order valence-corrected chi connectivity index (χ4v) is 1.90. The van der Waals surface area contributed by atoms with Gasteiger partial charge in [0.1, 0.15) is 11.5 Å². The zero-order valence-corrected chi connectivity index (χ0v) is 8.86. The quantitative estimate of drug-likeness (QED) is 0.744. The first-order chi connectivity index (χ1) is 7.11. The summed E-state index contributed by atoms with van der Waals surface area (Å²) in [6, 6.07) is 9.19. The van der Waals surface area contributed by atoms with Crippen LogP contribution < -0.4 is 0 Å². The van der Waals surface area contributed by atoms with E-state index in [9.17, 15) is 10.2 Å². The Kier molecular flexibility index (Phi) is 2.27. The minimum Gasteiger partial charge on any atom is -0.507 e. The van der Waals surface area contributed by atoms with Crippen LogP contribution in [0.25, 0.3) is 10.8 Å². The summed E-state index contributed by atoms with van der Waals surface area (Å²) >= 11 is 0. The Hall–Kier alpha value is -1.70. The second kappa shape index (κ2) is 3.46. The number of benzene rings is 2. The summed E-state index contributed by atoms with van der Waals surface area (Å²) in [5.74, 6) is 0.469.